The number of rotatable bonds is 3. The number of sulfonamides is 1. The highest BCUT2D eigenvalue weighted by molar-refractivity contribution is 7.89. The SMILES string of the molecule is COC1CN(S(=O)(=O)C(C)C#N)CCC1C. The van der Waals surface area contributed by atoms with Crippen LogP contribution in [0.4, 0.5) is 0 Å². The minimum Gasteiger partial charge on any atom is -0.380 e. The van der Waals surface area contributed by atoms with E-state index in [4.69, 9.17) is 10.00 Å². The van der Waals surface area contributed by atoms with Crippen LogP contribution in [0, 0.1) is 17.2 Å². The lowest BCUT2D eigenvalue weighted by atomic mass is 9.97. The molecule has 5 nitrogen and oxygen atoms in total. The van der Waals surface area contributed by atoms with Crippen LogP contribution < -0.4 is 0 Å². The Hall–Kier alpha value is -0.640. The maximum atomic E-state index is 11.9. The van der Waals surface area contributed by atoms with Gasteiger partial charge in [-0.15, -0.1) is 0 Å². The standard InChI is InChI=1S/C10H18N2O3S/c1-8-4-5-12(7-10(8)15-3)16(13,14)9(2)6-11/h8-10H,4-5,7H2,1-3H3. The highest BCUT2D eigenvalue weighted by Gasteiger charge is 2.35. The van der Waals surface area contributed by atoms with Gasteiger partial charge in [-0.1, -0.05) is 6.92 Å². The van der Waals surface area contributed by atoms with E-state index in [-0.39, 0.29) is 6.10 Å². The zero-order chi connectivity index (χ0) is 12.3. The summed E-state index contributed by atoms with van der Waals surface area (Å²) >= 11 is 0. The van der Waals surface area contributed by atoms with Crippen LogP contribution >= 0.6 is 0 Å². The summed E-state index contributed by atoms with van der Waals surface area (Å²) in [5.74, 6) is 0.355. The molecule has 1 fully saturated rings. The minimum atomic E-state index is -3.49. The van der Waals surface area contributed by atoms with Gasteiger partial charge in [0.15, 0.2) is 5.25 Å². The van der Waals surface area contributed by atoms with E-state index < -0.39 is 15.3 Å². The molecule has 0 aromatic rings. The van der Waals surface area contributed by atoms with Crippen LogP contribution in [-0.2, 0) is 14.8 Å². The molecule has 1 saturated heterocycles. The lowest BCUT2D eigenvalue weighted by Crippen LogP contribution is -2.48. The molecule has 92 valence electrons. The third-order valence-electron chi connectivity index (χ3n) is 3.14. The van der Waals surface area contributed by atoms with Crippen molar-refractivity contribution in [3.05, 3.63) is 0 Å². The molecule has 0 saturated carbocycles. The van der Waals surface area contributed by atoms with Crippen molar-refractivity contribution >= 4 is 10.0 Å². The van der Waals surface area contributed by atoms with Crippen molar-refractivity contribution in [2.24, 2.45) is 5.92 Å². The van der Waals surface area contributed by atoms with Gasteiger partial charge < -0.3 is 4.74 Å². The van der Waals surface area contributed by atoms with E-state index in [1.165, 1.54) is 11.2 Å². The lowest BCUT2D eigenvalue weighted by molar-refractivity contribution is 0.0183. The molecule has 3 atom stereocenters. The quantitative estimate of drug-likeness (QED) is 0.730. The van der Waals surface area contributed by atoms with Gasteiger partial charge in [0.25, 0.3) is 0 Å². The number of hydrogen-bond donors (Lipinski definition) is 0. The Labute approximate surface area is 97.0 Å². The summed E-state index contributed by atoms with van der Waals surface area (Å²) < 4.78 is 30.5. The number of nitrogens with zero attached hydrogens (tertiary/aromatic N) is 2. The number of nitriles is 1. The molecule has 0 amide bonds. The molecule has 6 heteroatoms. The molecule has 0 N–H and O–H groups in total. The van der Waals surface area contributed by atoms with Crippen LogP contribution in [0.1, 0.15) is 20.3 Å². The molecule has 1 aliphatic heterocycles. The van der Waals surface area contributed by atoms with Crippen LogP contribution in [0.2, 0.25) is 0 Å². The average Bonchev–Trinajstić information content (AvgIpc) is 2.28. The summed E-state index contributed by atoms with van der Waals surface area (Å²) in [5.41, 5.74) is 0. The molecule has 0 aromatic heterocycles. The minimum absolute atomic E-state index is 0.0746. The smallest absolute Gasteiger partial charge is 0.230 e. The molecular weight excluding hydrogens is 228 g/mol. The molecule has 16 heavy (non-hydrogen) atoms. The molecule has 0 spiro atoms. The monoisotopic (exact) mass is 246 g/mol. The van der Waals surface area contributed by atoms with Crippen molar-refractivity contribution in [1.29, 1.82) is 5.26 Å². The lowest BCUT2D eigenvalue weighted by Gasteiger charge is -2.35. The summed E-state index contributed by atoms with van der Waals surface area (Å²) in [4.78, 5) is 0. The van der Waals surface area contributed by atoms with Crippen LogP contribution in [-0.4, -0.2) is 44.3 Å². The predicted octanol–water partition coefficient (Wildman–Crippen LogP) is 0.585. The van der Waals surface area contributed by atoms with Gasteiger partial charge in [-0.25, -0.2) is 8.42 Å². The largest absolute Gasteiger partial charge is 0.380 e. The first-order valence-corrected chi connectivity index (χ1v) is 6.85. The zero-order valence-electron chi connectivity index (χ0n) is 9.88. The van der Waals surface area contributed by atoms with Crippen molar-refractivity contribution in [2.45, 2.75) is 31.6 Å². The molecule has 0 bridgehead atoms. The number of hydrogen-bond acceptors (Lipinski definition) is 4. The van der Waals surface area contributed by atoms with Crippen molar-refractivity contribution in [1.82, 2.24) is 4.31 Å². The molecule has 0 aromatic carbocycles. The molecule has 1 heterocycles. The van der Waals surface area contributed by atoms with Gasteiger partial charge >= 0.3 is 0 Å². The maximum Gasteiger partial charge on any atom is 0.230 e. The molecule has 3 unspecified atom stereocenters. The van der Waals surface area contributed by atoms with Crippen molar-refractivity contribution < 1.29 is 13.2 Å². The van der Waals surface area contributed by atoms with E-state index in [0.29, 0.717) is 19.0 Å². The van der Waals surface area contributed by atoms with Crippen LogP contribution in [0.15, 0.2) is 0 Å². The van der Waals surface area contributed by atoms with Crippen molar-refractivity contribution in [2.75, 3.05) is 20.2 Å². The third-order valence-corrected chi connectivity index (χ3v) is 5.19. The van der Waals surface area contributed by atoms with Crippen LogP contribution in [0.25, 0.3) is 0 Å². The average molecular weight is 246 g/mol. The van der Waals surface area contributed by atoms with Gasteiger partial charge in [0.1, 0.15) is 0 Å². The Morgan fingerprint density at radius 3 is 2.69 bits per heavy atom. The van der Waals surface area contributed by atoms with E-state index in [2.05, 4.69) is 0 Å². The molecule has 0 radical (unpaired) electrons. The predicted molar refractivity (Wildman–Crippen MR) is 60.1 cm³/mol. The van der Waals surface area contributed by atoms with E-state index in [0.717, 1.165) is 6.42 Å². The zero-order valence-corrected chi connectivity index (χ0v) is 10.7. The fourth-order valence-electron chi connectivity index (χ4n) is 1.83. The Bertz CT molecular complexity index is 374. The van der Waals surface area contributed by atoms with E-state index in [1.54, 1.807) is 13.2 Å². The second-order valence-corrected chi connectivity index (χ2v) is 6.47. The summed E-state index contributed by atoms with van der Waals surface area (Å²) in [6.07, 6.45) is 0.699. The topological polar surface area (TPSA) is 70.4 Å². The Morgan fingerprint density at radius 2 is 2.19 bits per heavy atom. The summed E-state index contributed by atoms with van der Waals surface area (Å²) in [6, 6.07) is 1.78. The normalized spacial score (nSPS) is 29.6. The van der Waals surface area contributed by atoms with Gasteiger partial charge in [0.05, 0.1) is 12.2 Å². The third kappa shape index (κ3) is 2.54. The maximum absolute atomic E-state index is 11.9. The fourth-order valence-corrected chi connectivity index (χ4v) is 3.13. The second kappa shape index (κ2) is 5.13. The highest BCUT2D eigenvalue weighted by Crippen LogP contribution is 2.23. The summed E-state index contributed by atoms with van der Waals surface area (Å²) in [6.45, 7) is 4.29. The summed E-state index contributed by atoms with van der Waals surface area (Å²) in [7, 11) is -1.90. The van der Waals surface area contributed by atoms with Gasteiger partial charge in [-0.3, -0.25) is 0 Å². The van der Waals surface area contributed by atoms with E-state index in [1.807, 2.05) is 6.92 Å². The van der Waals surface area contributed by atoms with Gasteiger partial charge in [-0.05, 0) is 19.3 Å². The number of methoxy groups -OCH3 is 1. The van der Waals surface area contributed by atoms with Crippen LogP contribution in [0.5, 0.6) is 0 Å². The van der Waals surface area contributed by atoms with Gasteiger partial charge in [0, 0.05) is 20.2 Å². The first-order chi connectivity index (χ1) is 7.43. The van der Waals surface area contributed by atoms with Crippen LogP contribution in [0.3, 0.4) is 0 Å². The van der Waals surface area contributed by atoms with E-state index in [9.17, 15) is 8.42 Å². The molecular formula is C10H18N2O3S. The second-order valence-electron chi connectivity index (χ2n) is 4.21. The Kier molecular flexibility index (Phi) is 4.30. The van der Waals surface area contributed by atoms with Gasteiger partial charge in [-0.2, -0.15) is 9.57 Å². The van der Waals surface area contributed by atoms with Crippen molar-refractivity contribution in [3.8, 4) is 6.07 Å². The fraction of sp³-hybridized carbons (Fsp3) is 0.900. The van der Waals surface area contributed by atoms with E-state index >= 15 is 0 Å². The van der Waals surface area contributed by atoms with Gasteiger partial charge in [0.2, 0.25) is 10.0 Å². The number of piperidine rings is 1. The molecule has 0 aliphatic carbocycles. The summed E-state index contributed by atoms with van der Waals surface area (Å²) in [5, 5.41) is 7.70. The molecule has 1 rings (SSSR count). The Balaban J connectivity index is 2.81. The van der Waals surface area contributed by atoms with Crippen molar-refractivity contribution in [3.63, 3.8) is 0 Å². The first kappa shape index (κ1) is 13.4. The molecule has 1 aliphatic rings. The first-order valence-electron chi connectivity index (χ1n) is 5.34. The highest BCUT2D eigenvalue weighted by atomic mass is 32.2. The Morgan fingerprint density at radius 1 is 1.56 bits per heavy atom. The number of ether oxygens (including phenoxy) is 1.